The molecule has 0 atom stereocenters. The number of hydrogen-bond acceptors (Lipinski definition) is 1. The molecule has 0 saturated heterocycles. The molecule has 0 heterocycles. The van der Waals surface area contributed by atoms with Crippen LogP contribution in [0.15, 0.2) is 36.4 Å². The number of benzene rings is 2. The molecule has 0 aromatic heterocycles. The van der Waals surface area contributed by atoms with Crippen molar-refractivity contribution in [2.75, 3.05) is 0 Å². The van der Waals surface area contributed by atoms with Crippen LogP contribution in [0, 0.1) is 0 Å². The topological polar surface area (TPSA) is 37.3 Å². The fourth-order valence-electron chi connectivity index (χ4n) is 2.57. The Balaban J connectivity index is 2.88. The van der Waals surface area contributed by atoms with Crippen LogP contribution in [0.5, 0.6) is 0 Å². The van der Waals surface area contributed by atoms with Gasteiger partial charge in [0.25, 0.3) is 0 Å². The minimum atomic E-state index is -5.17. The van der Waals surface area contributed by atoms with E-state index in [1.54, 1.807) is 0 Å². The molecule has 0 aliphatic heterocycles. The van der Waals surface area contributed by atoms with Crippen molar-refractivity contribution < 1.29 is 36.2 Å². The van der Waals surface area contributed by atoms with Crippen molar-refractivity contribution in [2.24, 2.45) is 0 Å². The molecule has 2 aromatic rings. The van der Waals surface area contributed by atoms with Crippen molar-refractivity contribution in [1.29, 1.82) is 0 Å². The molecule has 0 aliphatic carbocycles. The minimum Gasteiger partial charge on any atom is -0.478 e. The number of alkyl halides is 6. The van der Waals surface area contributed by atoms with E-state index in [-0.39, 0.29) is 20.6 Å². The Labute approximate surface area is 175 Å². The molecule has 0 radical (unpaired) electrons. The number of halogens is 9. The Bertz CT molecular complexity index is 958. The van der Waals surface area contributed by atoms with E-state index < -0.39 is 47.0 Å². The molecular formula is C18H9Cl3F6O2. The number of hydrogen-bond donors (Lipinski definition) is 1. The first-order valence-corrected chi connectivity index (χ1v) is 8.71. The van der Waals surface area contributed by atoms with Gasteiger partial charge in [0, 0.05) is 0 Å². The summed E-state index contributed by atoms with van der Waals surface area (Å²) in [5, 5.41) is 8.60. The summed E-state index contributed by atoms with van der Waals surface area (Å²) in [7, 11) is 0. The molecule has 11 heteroatoms. The number of carbonyl (C=O) groups is 1. The molecule has 2 nitrogen and oxygen atoms in total. The second kappa shape index (κ2) is 8.45. The molecule has 0 unspecified atom stereocenters. The molecule has 2 aromatic carbocycles. The fourth-order valence-corrected chi connectivity index (χ4v) is 3.17. The van der Waals surface area contributed by atoms with Gasteiger partial charge in [0.1, 0.15) is 0 Å². The molecule has 0 amide bonds. The van der Waals surface area contributed by atoms with Crippen LogP contribution in [0.25, 0.3) is 5.57 Å². The molecule has 0 saturated carbocycles. The SMILES string of the molecule is O=C(O)c1cccc(/C(=C/CC(F)(F)F)c2cc(Cl)c(Cl)c(Cl)c2)c1C(F)(F)F. The second-order valence-electron chi connectivity index (χ2n) is 5.72. The average Bonchev–Trinajstić information content (AvgIpc) is 2.57. The molecule has 0 spiro atoms. The molecule has 0 aliphatic rings. The van der Waals surface area contributed by atoms with Crippen molar-refractivity contribution >= 4 is 46.3 Å². The van der Waals surface area contributed by atoms with E-state index in [0.717, 1.165) is 24.3 Å². The van der Waals surface area contributed by atoms with E-state index >= 15 is 0 Å². The summed E-state index contributed by atoms with van der Waals surface area (Å²) in [5.41, 5.74) is -4.21. The highest BCUT2D eigenvalue weighted by Gasteiger charge is 2.39. The lowest BCUT2D eigenvalue weighted by molar-refractivity contribution is -0.138. The third kappa shape index (κ3) is 5.58. The minimum absolute atomic E-state index is 0.136. The highest BCUT2D eigenvalue weighted by atomic mass is 35.5. The Morgan fingerprint density at radius 1 is 0.966 bits per heavy atom. The Hall–Kier alpha value is -1.90. The smallest absolute Gasteiger partial charge is 0.417 e. The van der Waals surface area contributed by atoms with Gasteiger partial charge >= 0.3 is 18.3 Å². The maximum Gasteiger partial charge on any atom is 0.417 e. The lowest BCUT2D eigenvalue weighted by Gasteiger charge is -2.19. The van der Waals surface area contributed by atoms with E-state index in [4.69, 9.17) is 39.9 Å². The third-order valence-electron chi connectivity index (χ3n) is 3.70. The zero-order chi connectivity index (χ0) is 22.1. The zero-order valence-electron chi connectivity index (χ0n) is 13.9. The maximum atomic E-state index is 13.7. The molecule has 0 bridgehead atoms. The van der Waals surface area contributed by atoms with Gasteiger partial charge in [0.15, 0.2) is 0 Å². The zero-order valence-corrected chi connectivity index (χ0v) is 16.2. The lowest BCUT2D eigenvalue weighted by Crippen LogP contribution is -2.16. The summed E-state index contributed by atoms with van der Waals surface area (Å²) < 4.78 is 79.3. The van der Waals surface area contributed by atoms with E-state index in [1.165, 1.54) is 0 Å². The summed E-state index contributed by atoms with van der Waals surface area (Å²) in [4.78, 5) is 11.3. The predicted molar refractivity (Wildman–Crippen MR) is 97.6 cm³/mol. The van der Waals surface area contributed by atoms with Crippen LogP contribution >= 0.6 is 34.8 Å². The average molecular weight is 478 g/mol. The first-order valence-electron chi connectivity index (χ1n) is 7.58. The summed E-state index contributed by atoms with van der Waals surface area (Å²) in [6.45, 7) is 0. The van der Waals surface area contributed by atoms with Gasteiger partial charge in [0.05, 0.1) is 32.6 Å². The monoisotopic (exact) mass is 476 g/mol. The highest BCUT2D eigenvalue weighted by molar-refractivity contribution is 6.48. The van der Waals surface area contributed by atoms with E-state index in [0.29, 0.717) is 12.1 Å². The van der Waals surface area contributed by atoms with Gasteiger partial charge in [-0.1, -0.05) is 53.0 Å². The first kappa shape index (κ1) is 23.4. The highest BCUT2D eigenvalue weighted by Crippen LogP contribution is 2.42. The number of rotatable bonds is 4. The Morgan fingerprint density at radius 3 is 1.93 bits per heavy atom. The van der Waals surface area contributed by atoms with Crippen molar-refractivity contribution in [3.05, 3.63) is 73.7 Å². The maximum absolute atomic E-state index is 13.7. The van der Waals surface area contributed by atoms with Crippen molar-refractivity contribution in [3.63, 3.8) is 0 Å². The van der Waals surface area contributed by atoms with Gasteiger partial charge in [-0.3, -0.25) is 0 Å². The largest absolute Gasteiger partial charge is 0.478 e. The Morgan fingerprint density at radius 2 is 1.48 bits per heavy atom. The summed E-state index contributed by atoms with van der Waals surface area (Å²) in [5.74, 6) is -1.89. The van der Waals surface area contributed by atoms with Crippen LogP contribution in [-0.4, -0.2) is 17.3 Å². The van der Waals surface area contributed by atoms with E-state index in [9.17, 15) is 31.1 Å². The lowest BCUT2D eigenvalue weighted by atomic mass is 9.90. The molecule has 1 N–H and O–H groups in total. The molecular weight excluding hydrogens is 469 g/mol. The summed E-state index contributed by atoms with van der Waals surface area (Å²) in [6.07, 6.45) is -11.0. The van der Waals surface area contributed by atoms with Gasteiger partial charge in [-0.15, -0.1) is 0 Å². The van der Waals surface area contributed by atoms with Gasteiger partial charge in [0.2, 0.25) is 0 Å². The van der Waals surface area contributed by atoms with Gasteiger partial charge in [-0.2, -0.15) is 26.3 Å². The molecule has 0 fully saturated rings. The third-order valence-corrected chi connectivity index (χ3v) is 4.90. The van der Waals surface area contributed by atoms with Crippen molar-refractivity contribution in [1.82, 2.24) is 0 Å². The van der Waals surface area contributed by atoms with Crippen LogP contribution in [0.1, 0.15) is 33.5 Å². The van der Waals surface area contributed by atoms with Gasteiger partial charge in [-0.05, 0) is 34.9 Å². The number of carboxylic acids is 1. The molecule has 156 valence electrons. The van der Waals surface area contributed by atoms with Crippen LogP contribution < -0.4 is 0 Å². The van der Waals surface area contributed by atoms with Crippen LogP contribution in [-0.2, 0) is 6.18 Å². The van der Waals surface area contributed by atoms with Crippen molar-refractivity contribution in [3.8, 4) is 0 Å². The standard InChI is InChI=1S/C18H9Cl3F6O2/c19-12-6-8(7-13(20)15(12)21)9(4-5-17(22,23)24)10-2-1-3-11(16(28)29)14(10)18(25,26)27/h1-4,6-7H,5H2,(H,28,29)/b9-4+. The number of aromatic carboxylic acids is 1. The molecule has 2 rings (SSSR count). The summed E-state index contributed by atoms with van der Waals surface area (Å²) >= 11 is 17.5. The van der Waals surface area contributed by atoms with E-state index in [1.807, 2.05) is 0 Å². The normalized spacial score (nSPS) is 12.9. The fraction of sp³-hybridized carbons (Fsp3) is 0.167. The van der Waals surface area contributed by atoms with Crippen LogP contribution in [0.4, 0.5) is 26.3 Å². The second-order valence-corrected chi connectivity index (χ2v) is 6.91. The Kier molecular flexibility index (Phi) is 6.82. The molecule has 29 heavy (non-hydrogen) atoms. The number of carboxylic acid groups (broad SMARTS) is 1. The quantitative estimate of drug-likeness (QED) is 0.361. The van der Waals surface area contributed by atoms with Crippen LogP contribution in [0.3, 0.4) is 0 Å². The van der Waals surface area contributed by atoms with Crippen LogP contribution in [0.2, 0.25) is 15.1 Å². The van der Waals surface area contributed by atoms with Gasteiger partial charge < -0.3 is 5.11 Å². The van der Waals surface area contributed by atoms with Crippen molar-refractivity contribution in [2.45, 2.75) is 18.8 Å². The summed E-state index contributed by atoms with van der Waals surface area (Å²) in [6, 6.07) is 4.66. The predicted octanol–water partition coefficient (Wildman–Crippen LogP) is 7.75. The number of allylic oxidation sites excluding steroid dienone is 1. The first-order chi connectivity index (χ1) is 13.2. The van der Waals surface area contributed by atoms with Gasteiger partial charge in [-0.25, -0.2) is 4.79 Å². The van der Waals surface area contributed by atoms with E-state index in [2.05, 4.69) is 0 Å².